The molecule has 2 saturated carbocycles. The van der Waals surface area contributed by atoms with E-state index in [4.69, 9.17) is 4.74 Å². The molecule has 0 spiro atoms. The molecule has 0 aromatic carbocycles. The number of ether oxygens (including phenoxy) is 1. The van der Waals surface area contributed by atoms with Gasteiger partial charge in [0, 0.05) is 13.1 Å². The first-order valence-electron chi connectivity index (χ1n) is 9.11. The minimum absolute atomic E-state index is 0.0225. The number of β-amino-alcohol motifs (C(OH)–C–C–N with tert-alkyl or cyclic N) is 1. The van der Waals surface area contributed by atoms with Gasteiger partial charge in [-0.15, -0.1) is 0 Å². The van der Waals surface area contributed by atoms with E-state index in [1.165, 1.54) is 32.1 Å². The summed E-state index contributed by atoms with van der Waals surface area (Å²) in [5, 5.41) is 12.9. The van der Waals surface area contributed by atoms with E-state index in [0.717, 1.165) is 38.6 Å². The third-order valence-electron chi connectivity index (χ3n) is 5.36. The average Bonchev–Trinajstić information content (AvgIpc) is 3.02. The van der Waals surface area contributed by atoms with Gasteiger partial charge in [-0.25, -0.2) is 4.79 Å². The van der Waals surface area contributed by atoms with Gasteiger partial charge in [0.1, 0.15) is 0 Å². The van der Waals surface area contributed by atoms with Crippen molar-refractivity contribution in [2.75, 3.05) is 13.1 Å². The van der Waals surface area contributed by atoms with Crippen LogP contribution in [-0.2, 0) is 4.74 Å². The fraction of sp³-hybridized carbons (Fsp3) is 0.941. The molecule has 0 radical (unpaired) electrons. The van der Waals surface area contributed by atoms with Crippen LogP contribution in [-0.4, -0.2) is 53.5 Å². The first-order valence-corrected chi connectivity index (χ1v) is 9.11. The van der Waals surface area contributed by atoms with E-state index < -0.39 is 0 Å². The SMILES string of the molecule is O=C(NC1CCCCC1OC1CCCC1)N1CCCC(O)C1. The van der Waals surface area contributed by atoms with Crippen molar-refractivity contribution in [2.24, 2.45) is 0 Å². The molecule has 0 aromatic heterocycles. The van der Waals surface area contributed by atoms with Gasteiger partial charge in [-0.1, -0.05) is 25.7 Å². The molecule has 22 heavy (non-hydrogen) atoms. The number of hydrogen-bond donors (Lipinski definition) is 2. The number of piperidine rings is 1. The zero-order chi connectivity index (χ0) is 15.4. The molecule has 3 fully saturated rings. The normalized spacial score (nSPS) is 33.9. The van der Waals surface area contributed by atoms with E-state index in [-0.39, 0.29) is 24.3 Å². The number of aliphatic hydroxyl groups is 1. The highest BCUT2D eigenvalue weighted by Crippen LogP contribution is 2.28. The number of amides is 2. The van der Waals surface area contributed by atoms with Gasteiger partial charge in [0.25, 0.3) is 0 Å². The third kappa shape index (κ3) is 4.13. The summed E-state index contributed by atoms with van der Waals surface area (Å²) in [7, 11) is 0. The molecule has 3 rings (SSSR count). The first-order chi connectivity index (χ1) is 10.7. The van der Waals surface area contributed by atoms with Gasteiger partial charge in [-0.3, -0.25) is 0 Å². The quantitative estimate of drug-likeness (QED) is 0.841. The molecule has 3 aliphatic rings. The van der Waals surface area contributed by atoms with Crippen LogP contribution in [0.5, 0.6) is 0 Å². The number of hydrogen-bond acceptors (Lipinski definition) is 3. The van der Waals surface area contributed by atoms with Crippen LogP contribution in [0.15, 0.2) is 0 Å². The van der Waals surface area contributed by atoms with Crippen LogP contribution in [0.4, 0.5) is 4.79 Å². The number of rotatable bonds is 3. The number of nitrogens with one attached hydrogen (secondary N) is 1. The van der Waals surface area contributed by atoms with Crippen molar-refractivity contribution in [3.8, 4) is 0 Å². The monoisotopic (exact) mass is 310 g/mol. The fourth-order valence-electron chi connectivity index (χ4n) is 4.09. The molecule has 3 unspecified atom stereocenters. The van der Waals surface area contributed by atoms with Crippen molar-refractivity contribution in [2.45, 2.75) is 88.6 Å². The Morgan fingerprint density at radius 1 is 1.00 bits per heavy atom. The summed E-state index contributed by atoms with van der Waals surface area (Å²) in [4.78, 5) is 14.2. The van der Waals surface area contributed by atoms with Gasteiger partial charge in [-0.05, 0) is 38.5 Å². The average molecular weight is 310 g/mol. The Labute approximate surface area is 133 Å². The van der Waals surface area contributed by atoms with Crippen LogP contribution >= 0.6 is 0 Å². The van der Waals surface area contributed by atoms with Crippen molar-refractivity contribution < 1.29 is 14.6 Å². The van der Waals surface area contributed by atoms with Crippen molar-refractivity contribution in [1.29, 1.82) is 0 Å². The molecule has 5 nitrogen and oxygen atoms in total. The van der Waals surface area contributed by atoms with Crippen LogP contribution in [0.25, 0.3) is 0 Å². The standard InChI is InChI=1S/C17H30N2O3/c20-13-6-5-11-19(12-13)17(21)18-15-9-3-4-10-16(15)22-14-7-1-2-8-14/h13-16,20H,1-12H2,(H,18,21). The molecular formula is C17H30N2O3. The van der Waals surface area contributed by atoms with E-state index in [1.54, 1.807) is 4.90 Å². The summed E-state index contributed by atoms with van der Waals surface area (Å²) in [6.45, 7) is 1.22. The Hall–Kier alpha value is -0.810. The maximum Gasteiger partial charge on any atom is 0.317 e. The highest BCUT2D eigenvalue weighted by Gasteiger charge is 2.32. The third-order valence-corrected chi connectivity index (χ3v) is 5.36. The van der Waals surface area contributed by atoms with Gasteiger partial charge in [0.2, 0.25) is 0 Å². The molecule has 1 saturated heterocycles. The Bertz CT molecular complexity index is 371. The Morgan fingerprint density at radius 2 is 1.73 bits per heavy atom. The second kappa shape index (κ2) is 7.64. The molecule has 126 valence electrons. The molecule has 5 heteroatoms. The molecule has 3 atom stereocenters. The lowest BCUT2D eigenvalue weighted by Gasteiger charge is -2.37. The molecule has 1 aliphatic heterocycles. The Balaban J connectivity index is 1.52. The van der Waals surface area contributed by atoms with Crippen LogP contribution in [0, 0.1) is 0 Å². The maximum absolute atomic E-state index is 12.4. The summed E-state index contributed by atoms with van der Waals surface area (Å²) >= 11 is 0. The van der Waals surface area contributed by atoms with Gasteiger partial charge in [0.15, 0.2) is 0 Å². The van der Waals surface area contributed by atoms with Crippen LogP contribution in [0.2, 0.25) is 0 Å². The van der Waals surface area contributed by atoms with Crippen molar-refractivity contribution >= 4 is 6.03 Å². The largest absolute Gasteiger partial charge is 0.391 e. The number of carbonyl (C=O) groups excluding carboxylic acids is 1. The van der Waals surface area contributed by atoms with Crippen molar-refractivity contribution in [3.63, 3.8) is 0 Å². The highest BCUT2D eigenvalue weighted by atomic mass is 16.5. The van der Waals surface area contributed by atoms with E-state index in [9.17, 15) is 9.90 Å². The van der Waals surface area contributed by atoms with Crippen LogP contribution in [0.1, 0.15) is 64.2 Å². The Morgan fingerprint density at radius 3 is 2.50 bits per heavy atom. The smallest absolute Gasteiger partial charge is 0.317 e. The van der Waals surface area contributed by atoms with E-state index in [0.29, 0.717) is 12.6 Å². The van der Waals surface area contributed by atoms with E-state index in [1.807, 2.05) is 0 Å². The summed E-state index contributed by atoms with van der Waals surface area (Å²) in [6.07, 6.45) is 11.3. The minimum Gasteiger partial charge on any atom is -0.391 e. The lowest BCUT2D eigenvalue weighted by Crippen LogP contribution is -2.54. The number of likely N-dealkylation sites (tertiary alicyclic amines) is 1. The number of nitrogens with zero attached hydrogens (tertiary/aromatic N) is 1. The molecule has 0 bridgehead atoms. The second-order valence-corrected chi connectivity index (χ2v) is 7.16. The summed E-state index contributed by atoms with van der Waals surface area (Å²) in [6, 6.07) is 0.117. The number of carbonyl (C=O) groups is 1. The van der Waals surface area contributed by atoms with Gasteiger partial charge < -0.3 is 20.1 Å². The first kappa shape index (κ1) is 16.1. The second-order valence-electron chi connectivity index (χ2n) is 7.16. The van der Waals surface area contributed by atoms with Crippen molar-refractivity contribution in [3.05, 3.63) is 0 Å². The lowest BCUT2D eigenvalue weighted by molar-refractivity contribution is -0.0421. The number of urea groups is 1. The molecule has 2 N–H and O–H groups in total. The molecule has 1 heterocycles. The highest BCUT2D eigenvalue weighted by molar-refractivity contribution is 5.74. The summed E-state index contributed by atoms with van der Waals surface area (Å²) < 4.78 is 6.29. The van der Waals surface area contributed by atoms with E-state index in [2.05, 4.69) is 5.32 Å². The van der Waals surface area contributed by atoms with Crippen LogP contribution < -0.4 is 5.32 Å². The maximum atomic E-state index is 12.4. The summed E-state index contributed by atoms with van der Waals surface area (Å²) in [5.41, 5.74) is 0. The van der Waals surface area contributed by atoms with Crippen LogP contribution in [0.3, 0.4) is 0 Å². The zero-order valence-corrected chi connectivity index (χ0v) is 13.5. The number of aliphatic hydroxyl groups excluding tert-OH is 1. The lowest BCUT2D eigenvalue weighted by atomic mass is 9.92. The topological polar surface area (TPSA) is 61.8 Å². The summed E-state index contributed by atoms with van der Waals surface area (Å²) in [5.74, 6) is 0. The molecular weight excluding hydrogens is 280 g/mol. The zero-order valence-electron chi connectivity index (χ0n) is 13.5. The molecule has 2 aliphatic carbocycles. The van der Waals surface area contributed by atoms with Crippen molar-refractivity contribution in [1.82, 2.24) is 10.2 Å². The van der Waals surface area contributed by atoms with Gasteiger partial charge >= 0.3 is 6.03 Å². The molecule has 0 aromatic rings. The Kier molecular flexibility index (Phi) is 5.58. The predicted molar refractivity (Wildman–Crippen MR) is 84.7 cm³/mol. The molecule has 2 amide bonds. The predicted octanol–water partition coefficient (Wildman–Crippen LogP) is 2.42. The van der Waals surface area contributed by atoms with Gasteiger partial charge in [-0.2, -0.15) is 0 Å². The fourth-order valence-corrected chi connectivity index (χ4v) is 4.09. The minimum atomic E-state index is -0.364. The van der Waals surface area contributed by atoms with Gasteiger partial charge in [0.05, 0.1) is 24.4 Å². The van der Waals surface area contributed by atoms with E-state index >= 15 is 0 Å².